The highest BCUT2D eigenvalue weighted by Gasteiger charge is 2.43. The molecule has 82 valence electrons. The van der Waals surface area contributed by atoms with Gasteiger partial charge < -0.3 is 10.0 Å². The van der Waals surface area contributed by atoms with E-state index in [4.69, 9.17) is 0 Å². The molecule has 0 atom stereocenters. The summed E-state index contributed by atoms with van der Waals surface area (Å²) < 4.78 is 0. The van der Waals surface area contributed by atoms with Crippen molar-refractivity contribution in [3.63, 3.8) is 0 Å². The lowest BCUT2D eigenvalue weighted by Gasteiger charge is -2.47. The highest BCUT2D eigenvalue weighted by Crippen LogP contribution is 2.42. The second-order valence-corrected chi connectivity index (χ2v) is 5.36. The molecule has 2 nitrogen and oxygen atoms in total. The van der Waals surface area contributed by atoms with Crippen molar-refractivity contribution in [2.45, 2.75) is 57.6 Å². The van der Waals surface area contributed by atoms with Crippen LogP contribution in [0.2, 0.25) is 0 Å². The third kappa shape index (κ3) is 1.82. The average Bonchev–Trinajstić information content (AvgIpc) is 2.14. The topological polar surface area (TPSA) is 23.5 Å². The van der Waals surface area contributed by atoms with Crippen LogP contribution < -0.4 is 0 Å². The second-order valence-electron chi connectivity index (χ2n) is 5.36. The summed E-state index contributed by atoms with van der Waals surface area (Å²) in [5, 5.41) is 10.2. The molecule has 2 aliphatic rings. The fraction of sp³-hybridized carbons (Fsp3) is 1.00. The monoisotopic (exact) mass is 197 g/mol. The minimum Gasteiger partial charge on any atom is -0.390 e. The normalized spacial score (nSPS) is 29.1. The van der Waals surface area contributed by atoms with E-state index < -0.39 is 0 Å². The molecule has 0 aromatic heterocycles. The predicted octanol–water partition coefficient (Wildman–Crippen LogP) is 2.02. The molecule has 0 spiro atoms. The zero-order valence-electron chi connectivity index (χ0n) is 9.50. The number of aliphatic hydroxyl groups is 1. The van der Waals surface area contributed by atoms with Gasteiger partial charge in [-0.3, -0.25) is 0 Å². The van der Waals surface area contributed by atoms with Gasteiger partial charge in [0.25, 0.3) is 0 Å². The summed E-state index contributed by atoms with van der Waals surface area (Å²) in [4.78, 5) is 2.53. The summed E-state index contributed by atoms with van der Waals surface area (Å²) in [5.41, 5.74) is -0.261. The van der Waals surface area contributed by atoms with Crippen LogP contribution >= 0.6 is 0 Å². The van der Waals surface area contributed by atoms with Crippen molar-refractivity contribution in [1.82, 2.24) is 4.90 Å². The molecule has 0 bridgehead atoms. The number of hydrogen-bond donors (Lipinski definition) is 1. The van der Waals surface area contributed by atoms with Crippen LogP contribution in [0.25, 0.3) is 0 Å². The van der Waals surface area contributed by atoms with E-state index in [0.29, 0.717) is 12.0 Å². The molecule has 1 N–H and O–H groups in total. The first kappa shape index (κ1) is 10.4. The van der Waals surface area contributed by atoms with Crippen LogP contribution in [0, 0.1) is 5.92 Å². The Kier molecular flexibility index (Phi) is 2.85. The molecule has 2 rings (SSSR count). The molecule has 1 heterocycles. The van der Waals surface area contributed by atoms with Crippen LogP contribution in [0.3, 0.4) is 0 Å². The van der Waals surface area contributed by atoms with Gasteiger partial charge in [0.15, 0.2) is 0 Å². The second kappa shape index (κ2) is 3.82. The van der Waals surface area contributed by atoms with Gasteiger partial charge in [0.2, 0.25) is 0 Å². The lowest BCUT2D eigenvalue weighted by Crippen LogP contribution is -2.50. The molecule has 1 aliphatic carbocycles. The SMILES string of the molecule is CC(C)N1CCC(C2(O)CCC2)CC1. The zero-order chi connectivity index (χ0) is 10.2. The van der Waals surface area contributed by atoms with Crippen LogP contribution in [-0.4, -0.2) is 34.7 Å². The zero-order valence-corrected chi connectivity index (χ0v) is 9.50. The Morgan fingerprint density at radius 2 is 1.79 bits per heavy atom. The first-order chi connectivity index (χ1) is 6.62. The third-order valence-electron chi connectivity index (χ3n) is 4.24. The highest BCUT2D eigenvalue weighted by atomic mass is 16.3. The summed E-state index contributed by atoms with van der Waals surface area (Å²) in [5.74, 6) is 0.589. The summed E-state index contributed by atoms with van der Waals surface area (Å²) in [6.07, 6.45) is 5.75. The van der Waals surface area contributed by atoms with E-state index in [2.05, 4.69) is 18.7 Å². The number of likely N-dealkylation sites (tertiary alicyclic amines) is 1. The first-order valence-electron chi connectivity index (χ1n) is 6.08. The van der Waals surface area contributed by atoms with Gasteiger partial charge in [0.1, 0.15) is 0 Å². The Morgan fingerprint density at radius 1 is 1.21 bits per heavy atom. The van der Waals surface area contributed by atoms with Gasteiger partial charge in [-0.1, -0.05) is 0 Å². The van der Waals surface area contributed by atoms with Gasteiger partial charge in [-0.2, -0.15) is 0 Å². The minimum atomic E-state index is -0.261. The van der Waals surface area contributed by atoms with Crippen LogP contribution in [0.4, 0.5) is 0 Å². The lowest BCUT2D eigenvalue weighted by molar-refractivity contribution is -0.101. The van der Waals surface area contributed by atoms with Crippen LogP contribution in [0.1, 0.15) is 46.0 Å². The maximum atomic E-state index is 10.2. The molecule has 0 amide bonds. The Labute approximate surface area is 87.3 Å². The fourth-order valence-corrected chi connectivity index (χ4v) is 2.90. The van der Waals surface area contributed by atoms with E-state index in [1.54, 1.807) is 0 Å². The van der Waals surface area contributed by atoms with Gasteiger partial charge in [-0.25, -0.2) is 0 Å². The van der Waals surface area contributed by atoms with Crippen molar-refractivity contribution in [3.8, 4) is 0 Å². The van der Waals surface area contributed by atoms with Crippen molar-refractivity contribution >= 4 is 0 Å². The van der Waals surface area contributed by atoms with Gasteiger partial charge in [-0.15, -0.1) is 0 Å². The third-order valence-corrected chi connectivity index (χ3v) is 4.24. The summed E-state index contributed by atoms with van der Waals surface area (Å²) in [6, 6.07) is 0.673. The first-order valence-corrected chi connectivity index (χ1v) is 6.08. The fourth-order valence-electron chi connectivity index (χ4n) is 2.90. The van der Waals surface area contributed by atoms with Crippen molar-refractivity contribution in [1.29, 1.82) is 0 Å². The molecule has 0 aromatic carbocycles. The van der Waals surface area contributed by atoms with Crippen molar-refractivity contribution in [2.24, 2.45) is 5.92 Å². The van der Waals surface area contributed by atoms with Crippen LogP contribution in [0.5, 0.6) is 0 Å². The maximum absolute atomic E-state index is 10.2. The number of hydrogen-bond acceptors (Lipinski definition) is 2. The molecular formula is C12H23NO. The average molecular weight is 197 g/mol. The molecule has 1 saturated heterocycles. The highest BCUT2D eigenvalue weighted by molar-refractivity contribution is 4.95. The molecule has 0 aromatic rings. The molecule has 0 unspecified atom stereocenters. The summed E-state index contributed by atoms with van der Waals surface area (Å²) in [7, 11) is 0. The predicted molar refractivity (Wildman–Crippen MR) is 58.2 cm³/mol. The minimum absolute atomic E-state index is 0.261. The molecular weight excluding hydrogens is 174 g/mol. The standard InChI is InChI=1S/C12H23NO/c1-10(2)13-8-4-11(5-9-13)12(14)6-3-7-12/h10-11,14H,3-9H2,1-2H3. The molecule has 1 aliphatic heterocycles. The molecule has 1 saturated carbocycles. The summed E-state index contributed by atoms with van der Waals surface area (Å²) >= 11 is 0. The van der Waals surface area contributed by atoms with Gasteiger partial charge in [-0.05, 0) is 65.0 Å². The molecule has 0 radical (unpaired) electrons. The van der Waals surface area contributed by atoms with E-state index >= 15 is 0 Å². The lowest BCUT2D eigenvalue weighted by atomic mass is 9.68. The Morgan fingerprint density at radius 3 is 2.14 bits per heavy atom. The molecule has 2 heteroatoms. The van der Waals surface area contributed by atoms with Gasteiger partial charge in [0.05, 0.1) is 5.60 Å². The molecule has 2 fully saturated rings. The van der Waals surface area contributed by atoms with E-state index in [1.807, 2.05) is 0 Å². The van der Waals surface area contributed by atoms with Crippen LogP contribution in [0.15, 0.2) is 0 Å². The number of nitrogens with zero attached hydrogens (tertiary/aromatic N) is 1. The smallest absolute Gasteiger partial charge is 0.0676 e. The Bertz CT molecular complexity index is 190. The Balaban J connectivity index is 1.84. The van der Waals surface area contributed by atoms with Crippen LogP contribution in [-0.2, 0) is 0 Å². The number of rotatable bonds is 2. The van der Waals surface area contributed by atoms with Crippen molar-refractivity contribution in [3.05, 3.63) is 0 Å². The quantitative estimate of drug-likeness (QED) is 0.732. The van der Waals surface area contributed by atoms with Gasteiger partial charge >= 0.3 is 0 Å². The summed E-state index contributed by atoms with van der Waals surface area (Å²) in [6.45, 7) is 6.89. The van der Waals surface area contributed by atoms with E-state index in [9.17, 15) is 5.11 Å². The molecule has 14 heavy (non-hydrogen) atoms. The van der Waals surface area contributed by atoms with E-state index in [0.717, 1.165) is 12.8 Å². The maximum Gasteiger partial charge on any atom is 0.0676 e. The van der Waals surface area contributed by atoms with E-state index in [-0.39, 0.29) is 5.60 Å². The van der Waals surface area contributed by atoms with Crippen molar-refractivity contribution in [2.75, 3.05) is 13.1 Å². The number of piperidine rings is 1. The van der Waals surface area contributed by atoms with Crippen molar-refractivity contribution < 1.29 is 5.11 Å². The van der Waals surface area contributed by atoms with Gasteiger partial charge in [0, 0.05) is 6.04 Å². The Hall–Kier alpha value is -0.0800. The largest absolute Gasteiger partial charge is 0.390 e. The van der Waals surface area contributed by atoms with E-state index in [1.165, 1.54) is 32.4 Å².